The highest BCUT2D eigenvalue weighted by molar-refractivity contribution is 5.71. The van der Waals surface area contributed by atoms with Crippen molar-refractivity contribution < 1.29 is 4.92 Å². The van der Waals surface area contributed by atoms with E-state index in [1.165, 1.54) is 12.1 Å². The van der Waals surface area contributed by atoms with Crippen molar-refractivity contribution in [3.05, 3.63) is 89.0 Å². The number of para-hydroxylation sites is 2. The first-order valence-electron chi connectivity index (χ1n) is 7.30. The molecule has 118 valence electrons. The molecule has 0 heterocycles. The first kappa shape index (κ1) is 15.4. The van der Waals surface area contributed by atoms with Crippen LogP contribution in [0.1, 0.15) is 0 Å². The zero-order chi connectivity index (χ0) is 16.8. The summed E-state index contributed by atoms with van der Waals surface area (Å²) in [6.07, 6.45) is 0. The molecule has 3 aromatic carbocycles. The second-order valence-electron chi connectivity index (χ2n) is 4.98. The number of anilines is 2. The summed E-state index contributed by atoms with van der Waals surface area (Å²) in [4.78, 5) is 10.2. The van der Waals surface area contributed by atoms with Gasteiger partial charge in [-0.15, -0.1) is 5.11 Å². The minimum atomic E-state index is -0.444. The maximum atomic E-state index is 10.7. The summed E-state index contributed by atoms with van der Waals surface area (Å²) in [5.41, 5.74) is 3.04. The van der Waals surface area contributed by atoms with Crippen molar-refractivity contribution in [1.82, 2.24) is 0 Å². The third kappa shape index (κ3) is 3.80. The average molecular weight is 318 g/mol. The van der Waals surface area contributed by atoms with Crippen LogP contribution in [0, 0.1) is 10.1 Å². The van der Waals surface area contributed by atoms with Gasteiger partial charge in [-0.25, -0.2) is 0 Å². The summed E-state index contributed by atoms with van der Waals surface area (Å²) < 4.78 is 0. The van der Waals surface area contributed by atoms with Gasteiger partial charge in [-0.3, -0.25) is 10.1 Å². The fraction of sp³-hybridized carbons (Fsp3) is 0. The maximum absolute atomic E-state index is 10.7. The van der Waals surface area contributed by atoms with Crippen LogP contribution in [0.25, 0.3) is 0 Å². The van der Waals surface area contributed by atoms with Crippen LogP contribution in [0.4, 0.5) is 28.4 Å². The van der Waals surface area contributed by atoms with Crippen molar-refractivity contribution in [3.63, 3.8) is 0 Å². The molecule has 0 atom stereocenters. The van der Waals surface area contributed by atoms with Crippen molar-refractivity contribution in [2.75, 3.05) is 5.32 Å². The van der Waals surface area contributed by atoms with Crippen LogP contribution in [0.3, 0.4) is 0 Å². The van der Waals surface area contributed by atoms with Gasteiger partial charge in [0.2, 0.25) is 0 Å². The molecule has 0 unspecified atom stereocenters. The summed E-state index contributed by atoms with van der Waals surface area (Å²) in [6, 6.07) is 23.3. The average Bonchev–Trinajstić information content (AvgIpc) is 2.62. The van der Waals surface area contributed by atoms with Crippen LogP contribution in [-0.2, 0) is 0 Å². The molecule has 0 amide bonds. The largest absolute Gasteiger partial charge is 0.354 e. The molecule has 0 radical (unpaired) electrons. The Morgan fingerprint density at radius 3 is 2.17 bits per heavy atom. The molecule has 0 spiro atoms. The van der Waals surface area contributed by atoms with E-state index in [1.807, 2.05) is 54.6 Å². The van der Waals surface area contributed by atoms with E-state index in [2.05, 4.69) is 15.5 Å². The highest BCUT2D eigenvalue weighted by Crippen LogP contribution is 2.29. The SMILES string of the molecule is O=[N+]([O-])c1ccc(N=Nc2ccccc2Nc2ccccc2)cc1. The maximum Gasteiger partial charge on any atom is 0.269 e. The van der Waals surface area contributed by atoms with E-state index in [1.54, 1.807) is 12.1 Å². The van der Waals surface area contributed by atoms with E-state index < -0.39 is 4.92 Å². The molecule has 0 aliphatic carbocycles. The Morgan fingerprint density at radius 1 is 0.792 bits per heavy atom. The van der Waals surface area contributed by atoms with Crippen molar-refractivity contribution in [2.24, 2.45) is 10.2 Å². The normalized spacial score (nSPS) is 10.7. The number of non-ortho nitro benzene ring substituents is 1. The van der Waals surface area contributed by atoms with E-state index in [9.17, 15) is 10.1 Å². The lowest BCUT2D eigenvalue weighted by Gasteiger charge is -2.08. The number of hydrogen-bond donors (Lipinski definition) is 1. The molecule has 0 saturated carbocycles. The van der Waals surface area contributed by atoms with Crippen molar-refractivity contribution in [2.45, 2.75) is 0 Å². The summed E-state index contributed by atoms with van der Waals surface area (Å²) in [5.74, 6) is 0. The summed E-state index contributed by atoms with van der Waals surface area (Å²) >= 11 is 0. The van der Waals surface area contributed by atoms with Crippen LogP contribution in [0.15, 0.2) is 89.1 Å². The number of hydrogen-bond acceptors (Lipinski definition) is 5. The summed E-state index contributed by atoms with van der Waals surface area (Å²) in [7, 11) is 0. The highest BCUT2D eigenvalue weighted by atomic mass is 16.6. The summed E-state index contributed by atoms with van der Waals surface area (Å²) in [6.45, 7) is 0. The Morgan fingerprint density at radius 2 is 1.46 bits per heavy atom. The van der Waals surface area contributed by atoms with E-state index >= 15 is 0 Å². The quantitative estimate of drug-likeness (QED) is 0.369. The van der Waals surface area contributed by atoms with E-state index in [0.29, 0.717) is 11.4 Å². The Balaban J connectivity index is 1.81. The molecule has 0 aromatic heterocycles. The zero-order valence-corrected chi connectivity index (χ0v) is 12.7. The third-order valence-corrected chi connectivity index (χ3v) is 3.29. The molecule has 6 nitrogen and oxygen atoms in total. The lowest BCUT2D eigenvalue weighted by atomic mass is 10.2. The van der Waals surface area contributed by atoms with Gasteiger partial charge in [-0.2, -0.15) is 5.11 Å². The predicted molar refractivity (Wildman–Crippen MR) is 93.4 cm³/mol. The van der Waals surface area contributed by atoms with Crippen LogP contribution >= 0.6 is 0 Å². The minimum Gasteiger partial charge on any atom is -0.354 e. The lowest BCUT2D eigenvalue weighted by molar-refractivity contribution is -0.384. The van der Waals surface area contributed by atoms with Gasteiger partial charge in [0, 0.05) is 17.8 Å². The molecule has 24 heavy (non-hydrogen) atoms. The molecule has 0 saturated heterocycles. The smallest absolute Gasteiger partial charge is 0.269 e. The number of nitrogens with one attached hydrogen (secondary N) is 1. The number of nitro groups is 1. The van der Waals surface area contributed by atoms with Crippen molar-refractivity contribution >= 4 is 28.4 Å². The lowest BCUT2D eigenvalue weighted by Crippen LogP contribution is -1.89. The Bertz CT molecular complexity index is 862. The molecule has 1 N–H and O–H groups in total. The van der Waals surface area contributed by atoms with Crippen molar-refractivity contribution in [3.8, 4) is 0 Å². The third-order valence-electron chi connectivity index (χ3n) is 3.29. The fourth-order valence-corrected chi connectivity index (χ4v) is 2.10. The van der Waals surface area contributed by atoms with Gasteiger partial charge in [0.1, 0.15) is 5.69 Å². The molecule has 0 bridgehead atoms. The second-order valence-corrected chi connectivity index (χ2v) is 4.98. The second kappa shape index (κ2) is 7.15. The minimum absolute atomic E-state index is 0.0279. The van der Waals surface area contributed by atoms with Crippen LogP contribution in [0.5, 0.6) is 0 Å². The molecule has 3 rings (SSSR count). The summed E-state index contributed by atoms with van der Waals surface area (Å²) in [5, 5.41) is 22.3. The standard InChI is InChI=1S/C18H14N4O2/c23-22(24)16-12-10-15(11-13-16)20-21-18-9-5-4-8-17(18)19-14-6-2-1-3-7-14/h1-13,19H. The van der Waals surface area contributed by atoms with E-state index in [4.69, 9.17) is 0 Å². The Kier molecular flexibility index (Phi) is 4.57. The molecule has 0 aliphatic heterocycles. The van der Waals surface area contributed by atoms with Crippen molar-refractivity contribution in [1.29, 1.82) is 0 Å². The van der Waals surface area contributed by atoms with Gasteiger partial charge in [0.25, 0.3) is 5.69 Å². The van der Waals surface area contributed by atoms with Gasteiger partial charge in [-0.05, 0) is 36.4 Å². The first-order valence-corrected chi connectivity index (χ1v) is 7.30. The molecule has 6 heteroatoms. The van der Waals surface area contributed by atoms with Crippen LogP contribution < -0.4 is 5.32 Å². The Hall–Kier alpha value is -3.54. The van der Waals surface area contributed by atoms with Gasteiger partial charge in [0.05, 0.1) is 16.3 Å². The van der Waals surface area contributed by atoms with Gasteiger partial charge >= 0.3 is 0 Å². The van der Waals surface area contributed by atoms with Crippen LogP contribution in [-0.4, -0.2) is 4.92 Å². The molecule has 0 fully saturated rings. The van der Waals surface area contributed by atoms with E-state index in [-0.39, 0.29) is 5.69 Å². The highest BCUT2D eigenvalue weighted by Gasteiger charge is 2.04. The fourth-order valence-electron chi connectivity index (χ4n) is 2.10. The number of nitrogens with zero attached hydrogens (tertiary/aromatic N) is 3. The Labute approximate surface area is 138 Å². The number of nitro benzene ring substituents is 1. The molecule has 0 aliphatic rings. The monoisotopic (exact) mass is 318 g/mol. The number of azo groups is 1. The van der Waals surface area contributed by atoms with Crippen LogP contribution in [0.2, 0.25) is 0 Å². The van der Waals surface area contributed by atoms with Gasteiger partial charge < -0.3 is 5.32 Å². The van der Waals surface area contributed by atoms with Gasteiger partial charge in [0.15, 0.2) is 0 Å². The predicted octanol–water partition coefficient (Wildman–Crippen LogP) is 5.75. The van der Waals surface area contributed by atoms with Gasteiger partial charge in [-0.1, -0.05) is 30.3 Å². The molecule has 3 aromatic rings. The number of rotatable bonds is 5. The topological polar surface area (TPSA) is 79.9 Å². The number of benzene rings is 3. The molecular weight excluding hydrogens is 304 g/mol. The molecular formula is C18H14N4O2. The van der Waals surface area contributed by atoms with E-state index in [0.717, 1.165) is 11.4 Å². The zero-order valence-electron chi connectivity index (χ0n) is 12.7. The first-order chi connectivity index (χ1) is 11.7.